The van der Waals surface area contributed by atoms with Crippen LogP contribution in [0.1, 0.15) is 0 Å². The Morgan fingerprint density at radius 3 is 1.52 bits per heavy atom. The maximum atomic E-state index is 5.04. The molecule has 0 fully saturated rings. The smallest absolute Gasteiger partial charge is 0.116 e. The van der Waals surface area contributed by atoms with Crippen LogP contribution in [0.25, 0.3) is 0 Å². The third-order valence-electron chi connectivity index (χ3n) is 4.17. The average Bonchev–Trinajstić information content (AvgIpc) is 2.84. The molecule has 0 spiro atoms. The van der Waals surface area contributed by atoms with Crippen LogP contribution in [0.5, 0.6) is 0 Å². The van der Waals surface area contributed by atoms with Gasteiger partial charge in [0.05, 0.1) is 10.6 Å². The van der Waals surface area contributed by atoms with Crippen molar-refractivity contribution in [1.82, 2.24) is 0 Å². The Labute approximate surface area is 196 Å². The summed E-state index contributed by atoms with van der Waals surface area (Å²) < 4.78 is 0. The third kappa shape index (κ3) is 6.93. The molecule has 4 aromatic rings. The van der Waals surface area contributed by atoms with Crippen molar-refractivity contribution in [3.05, 3.63) is 132 Å². The predicted molar refractivity (Wildman–Crippen MR) is 139 cm³/mol. The quantitative estimate of drug-likeness (QED) is 0.157. The van der Waals surface area contributed by atoms with E-state index in [0.717, 1.165) is 15.6 Å². The van der Waals surface area contributed by atoms with E-state index in [1.54, 1.807) is 35.3 Å². The molecule has 0 saturated heterocycles. The highest BCUT2D eigenvalue weighted by atomic mass is 32.2. The summed E-state index contributed by atoms with van der Waals surface area (Å²) in [6, 6.07) is 41.5. The zero-order valence-electron chi connectivity index (χ0n) is 16.8. The first kappa shape index (κ1) is 21.6. The molecular formula is C27H21NS3. The van der Waals surface area contributed by atoms with Crippen LogP contribution < -0.4 is 0 Å². The Bertz CT molecular complexity index is 1130. The number of para-hydroxylation sites is 1. The molecule has 0 unspecified atom stereocenters. The van der Waals surface area contributed by atoms with Gasteiger partial charge < -0.3 is 0 Å². The Balaban J connectivity index is 1.73. The van der Waals surface area contributed by atoms with Gasteiger partial charge in [-0.05, 0) is 53.9 Å². The molecule has 0 bridgehead atoms. The molecule has 0 radical (unpaired) electrons. The molecule has 152 valence electrons. The minimum absolute atomic E-state index is 0.949. The number of nitrogens with zero attached hydrogens (tertiary/aromatic N) is 1. The van der Waals surface area contributed by atoms with E-state index in [9.17, 15) is 0 Å². The minimum atomic E-state index is 0.949. The molecule has 31 heavy (non-hydrogen) atoms. The summed E-state index contributed by atoms with van der Waals surface area (Å²) >= 11 is 5.16. The van der Waals surface area contributed by atoms with Gasteiger partial charge in [-0.25, -0.2) is 4.99 Å². The molecule has 0 atom stereocenters. The Hall–Kier alpha value is -2.66. The number of aliphatic imine (C=N–C) groups is 1. The summed E-state index contributed by atoms with van der Waals surface area (Å²) in [5, 5.41) is 3.19. The summed E-state index contributed by atoms with van der Waals surface area (Å²) in [7, 11) is 0. The van der Waals surface area contributed by atoms with Crippen LogP contribution in [0.2, 0.25) is 0 Å². The van der Waals surface area contributed by atoms with Crippen molar-refractivity contribution in [2.45, 2.75) is 14.7 Å². The lowest BCUT2D eigenvalue weighted by molar-refractivity contribution is 1.46. The number of thioether (sulfide) groups is 3. The number of hydrogen-bond donors (Lipinski definition) is 0. The monoisotopic (exact) mass is 455 g/mol. The Morgan fingerprint density at radius 2 is 0.968 bits per heavy atom. The molecule has 0 aliphatic heterocycles. The second-order valence-electron chi connectivity index (χ2n) is 6.50. The van der Waals surface area contributed by atoms with Crippen molar-refractivity contribution in [3.8, 4) is 0 Å². The van der Waals surface area contributed by atoms with Crippen LogP contribution in [0.15, 0.2) is 151 Å². The zero-order valence-corrected chi connectivity index (χ0v) is 19.2. The van der Waals surface area contributed by atoms with E-state index in [4.69, 9.17) is 4.99 Å². The maximum absolute atomic E-state index is 5.04. The molecule has 0 amide bonds. The van der Waals surface area contributed by atoms with Gasteiger partial charge in [0, 0.05) is 14.7 Å². The first-order chi connectivity index (χ1) is 15.4. The van der Waals surface area contributed by atoms with Crippen molar-refractivity contribution in [3.63, 3.8) is 0 Å². The summed E-state index contributed by atoms with van der Waals surface area (Å²) in [5.41, 5.74) is 0.949. The largest absolute Gasteiger partial charge is 0.241 e. The van der Waals surface area contributed by atoms with Gasteiger partial charge in [0.25, 0.3) is 0 Å². The fourth-order valence-electron chi connectivity index (χ4n) is 2.70. The molecule has 0 aromatic heterocycles. The SMILES string of the molecule is C(/Sc1ccccc1)=C(Sc1ccccc1)\C(=N/c1ccccc1)Sc1ccccc1. The number of hydrogen-bond acceptors (Lipinski definition) is 4. The van der Waals surface area contributed by atoms with Crippen molar-refractivity contribution in [1.29, 1.82) is 0 Å². The lowest BCUT2D eigenvalue weighted by Crippen LogP contribution is -1.95. The normalized spacial score (nSPS) is 12.0. The lowest BCUT2D eigenvalue weighted by Gasteiger charge is -2.12. The van der Waals surface area contributed by atoms with E-state index < -0.39 is 0 Å². The van der Waals surface area contributed by atoms with Crippen molar-refractivity contribution < 1.29 is 0 Å². The fourth-order valence-corrected chi connectivity index (χ4v) is 5.54. The van der Waals surface area contributed by atoms with E-state index in [-0.39, 0.29) is 0 Å². The Morgan fingerprint density at radius 1 is 0.516 bits per heavy atom. The van der Waals surface area contributed by atoms with Gasteiger partial charge in [0.2, 0.25) is 0 Å². The standard InChI is InChI=1S/C27H21NS3/c1-5-13-22(14-6-1)28-27(31-25-19-11-4-12-20-25)26(30-24-17-9-3-10-18-24)21-29-23-15-7-2-8-16-23/h1-21H/b26-21-,28-27+. The number of benzene rings is 4. The predicted octanol–water partition coefficient (Wildman–Crippen LogP) is 8.93. The van der Waals surface area contributed by atoms with Gasteiger partial charge in [-0.2, -0.15) is 0 Å². The highest BCUT2D eigenvalue weighted by Gasteiger charge is 2.13. The molecule has 4 aromatic carbocycles. The summed E-state index contributed by atoms with van der Waals surface area (Å²) in [6.07, 6.45) is 0. The molecule has 0 heterocycles. The zero-order chi connectivity index (χ0) is 21.1. The van der Waals surface area contributed by atoms with Gasteiger partial charge >= 0.3 is 0 Å². The molecule has 1 nitrogen and oxygen atoms in total. The highest BCUT2D eigenvalue weighted by molar-refractivity contribution is 8.18. The molecule has 0 aliphatic rings. The number of rotatable bonds is 7. The van der Waals surface area contributed by atoms with Gasteiger partial charge in [-0.1, -0.05) is 108 Å². The highest BCUT2D eigenvalue weighted by Crippen LogP contribution is 2.37. The van der Waals surface area contributed by atoms with E-state index in [1.807, 2.05) is 48.5 Å². The third-order valence-corrected chi connectivity index (χ3v) is 7.40. The van der Waals surface area contributed by atoms with Gasteiger partial charge in [-0.15, -0.1) is 0 Å². The summed E-state index contributed by atoms with van der Waals surface area (Å²) in [6.45, 7) is 0. The van der Waals surface area contributed by atoms with E-state index in [0.29, 0.717) is 0 Å². The van der Waals surface area contributed by atoms with E-state index >= 15 is 0 Å². The van der Waals surface area contributed by atoms with Gasteiger partial charge in [-0.3, -0.25) is 0 Å². The second-order valence-corrected chi connectivity index (χ2v) is 9.62. The topological polar surface area (TPSA) is 12.4 Å². The van der Waals surface area contributed by atoms with E-state index in [1.165, 1.54) is 14.7 Å². The fraction of sp³-hybridized carbons (Fsp3) is 0. The lowest BCUT2D eigenvalue weighted by atomic mass is 10.3. The van der Waals surface area contributed by atoms with Crippen molar-refractivity contribution in [2.24, 2.45) is 4.99 Å². The molecule has 4 heteroatoms. The second kappa shape index (κ2) is 11.7. The maximum Gasteiger partial charge on any atom is 0.116 e. The van der Waals surface area contributed by atoms with Gasteiger partial charge in [0.15, 0.2) is 0 Å². The molecule has 0 N–H and O–H groups in total. The van der Waals surface area contributed by atoms with Crippen LogP contribution in [0, 0.1) is 0 Å². The van der Waals surface area contributed by atoms with E-state index in [2.05, 4.69) is 78.2 Å². The van der Waals surface area contributed by atoms with Crippen LogP contribution in [-0.4, -0.2) is 5.04 Å². The first-order valence-corrected chi connectivity index (χ1v) is 12.4. The molecule has 0 saturated carbocycles. The van der Waals surface area contributed by atoms with Crippen molar-refractivity contribution >= 4 is 46.0 Å². The van der Waals surface area contributed by atoms with Crippen LogP contribution >= 0.6 is 35.3 Å². The van der Waals surface area contributed by atoms with Crippen LogP contribution in [-0.2, 0) is 0 Å². The first-order valence-electron chi connectivity index (χ1n) is 9.88. The van der Waals surface area contributed by atoms with Crippen LogP contribution in [0.4, 0.5) is 5.69 Å². The molecular weight excluding hydrogens is 435 g/mol. The molecule has 4 rings (SSSR count). The van der Waals surface area contributed by atoms with Gasteiger partial charge in [0.1, 0.15) is 5.04 Å². The Kier molecular flexibility index (Phi) is 8.11. The minimum Gasteiger partial charge on any atom is -0.241 e. The van der Waals surface area contributed by atoms with Crippen molar-refractivity contribution in [2.75, 3.05) is 0 Å². The summed E-state index contributed by atoms with van der Waals surface area (Å²) in [5.74, 6) is 0. The molecule has 0 aliphatic carbocycles. The van der Waals surface area contributed by atoms with Crippen LogP contribution in [0.3, 0.4) is 0 Å². The summed E-state index contributed by atoms with van der Waals surface area (Å²) in [4.78, 5) is 9.73. The average molecular weight is 456 g/mol.